The first-order valence-corrected chi connectivity index (χ1v) is 6.18. The van der Waals surface area contributed by atoms with Crippen molar-refractivity contribution in [2.75, 3.05) is 0 Å². The highest BCUT2D eigenvalue weighted by Gasteiger charge is 1.90. The number of aryl methyl sites for hydroxylation is 1. The molecule has 0 aliphatic carbocycles. The molecule has 15 heavy (non-hydrogen) atoms. The van der Waals surface area contributed by atoms with Gasteiger partial charge in [-0.1, -0.05) is 82.3 Å². The van der Waals surface area contributed by atoms with Gasteiger partial charge in [0.1, 0.15) is 0 Å². The van der Waals surface area contributed by atoms with Crippen molar-refractivity contribution in [1.82, 2.24) is 0 Å². The summed E-state index contributed by atoms with van der Waals surface area (Å²) in [7, 11) is 0. The molecule has 0 aromatic heterocycles. The molecule has 0 radical (unpaired) electrons. The summed E-state index contributed by atoms with van der Waals surface area (Å²) < 4.78 is 0. The van der Waals surface area contributed by atoms with Crippen molar-refractivity contribution in [2.45, 2.75) is 53.4 Å². The van der Waals surface area contributed by atoms with E-state index in [0.717, 1.165) is 5.92 Å². The van der Waals surface area contributed by atoms with Crippen molar-refractivity contribution in [3.8, 4) is 0 Å². The Balaban J connectivity index is 0.000000262. The maximum Gasteiger partial charge on any atom is -0.0398 e. The Morgan fingerprint density at radius 1 is 1.00 bits per heavy atom. The highest BCUT2D eigenvalue weighted by molar-refractivity contribution is 5.11. The normalized spacial score (nSPS) is 9.67. The zero-order valence-electron chi connectivity index (χ0n) is 10.8. The van der Waals surface area contributed by atoms with Crippen LogP contribution in [0.2, 0.25) is 0 Å². The Labute approximate surface area is 95.7 Å². The second-order valence-corrected chi connectivity index (χ2v) is 4.54. The summed E-state index contributed by atoms with van der Waals surface area (Å²) in [6.45, 7) is 8.91. The van der Waals surface area contributed by atoms with Gasteiger partial charge in [0, 0.05) is 0 Å². The molecular formula is C15H26. The van der Waals surface area contributed by atoms with Gasteiger partial charge in [0.2, 0.25) is 0 Å². The molecule has 0 N–H and O–H groups in total. The van der Waals surface area contributed by atoms with Gasteiger partial charge >= 0.3 is 0 Å². The predicted molar refractivity (Wildman–Crippen MR) is 70.2 cm³/mol. The Morgan fingerprint density at radius 3 is 1.93 bits per heavy atom. The van der Waals surface area contributed by atoms with Crippen molar-refractivity contribution >= 4 is 0 Å². The van der Waals surface area contributed by atoms with Gasteiger partial charge in [0.25, 0.3) is 0 Å². The maximum atomic E-state index is 2.29. The number of hydrogen-bond acceptors (Lipinski definition) is 0. The second-order valence-electron chi connectivity index (χ2n) is 4.54. The summed E-state index contributed by atoms with van der Waals surface area (Å²) in [5.41, 5.74) is 1.32. The van der Waals surface area contributed by atoms with E-state index in [2.05, 4.69) is 39.8 Å². The van der Waals surface area contributed by atoms with Crippen LogP contribution in [-0.2, 0) is 0 Å². The van der Waals surface area contributed by atoms with Crippen molar-refractivity contribution in [3.05, 3.63) is 35.9 Å². The van der Waals surface area contributed by atoms with E-state index < -0.39 is 0 Å². The average molecular weight is 206 g/mol. The lowest BCUT2D eigenvalue weighted by molar-refractivity contribution is 0.534. The molecule has 0 heteroatoms. The van der Waals surface area contributed by atoms with E-state index in [1.165, 1.54) is 31.2 Å². The second kappa shape index (κ2) is 9.76. The van der Waals surface area contributed by atoms with Gasteiger partial charge in [0.05, 0.1) is 0 Å². The fourth-order valence-corrected chi connectivity index (χ4v) is 1.34. The van der Waals surface area contributed by atoms with Gasteiger partial charge in [-0.3, -0.25) is 0 Å². The highest BCUT2D eigenvalue weighted by atomic mass is 14.0. The third-order valence-electron chi connectivity index (χ3n) is 2.33. The summed E-state index contributed by atoms with van der Waals surface area (Å²) in [6.07, 6.45) is 5.60. The van der Waals surface area contributed by atoms with Gasteiger partial charge < -0.3 is 0 Å². The Hall–Kier alpha value is -0.780. The minimum absolute atomic E-state index is 0.904. The van der Waals surface area contributed by atoms with Gasteiger partial charge in [-0.05, 0) is 12.8 Å². The molecule has 0 saturated carbocycles. The Bertz CT molecular complexity index is 211. The van der Waals surface area contributed by atoms with Crippen LogP contribution in [0.4, 0.5) is 0 Å². The van der Waals surface area contributed by atoms with Crippen LogP contribution in [0.3, 0.4) is 0 Å². The van der Waals surface area contributed by atoms with Crippen molar-refractivity contribution in [2.24, 2.45) is 5.92 Å². The zero-order valence-corrected chi connectivity index (χ0v) is 10.8. The first-order valence-electron chi connectivity index (χ1n) is 6.18. The minimum Gasteiger partial charge on any atom is -0.0654 e. The molecule has 1 aromatic carbocycles. The van der Waals surface area contributed by atoms with Crippen LogP contribution in [0.15, 0.2) is 30.3 Å². The minimum atomic E-state index is 0.904. The molecule has 0 aliphatic rings. The third kappa shape index (κ3) is 11.1. The standard InChI is InChI=1S/C8H18.C7H8/c1-4-5-6-7-8(2)3;1-7-5-3-2-4-6-7/h8H,4-7H2,1-3H3;2-6H,1H3. The van der Waals surface area contributed by atoms with Gasteiger partial charge in [-0.15, -0.1) is 0 Å². The van der Waals surface area contributed by atoms with E-state index >= 15 is 0 Å². The molecule has 0 heterocycles. The van der Waals surface area contributed by atoms with Gasteiger partial charge in [-0.25, -0.2) is 0 Å². The third-order valence-corrected chi connectivity index (χ3v) is 2.33. The summed E-state index contributed by atoms with van der Waals surface area (Å²) in [5, 5.41) is 0. The monoisotopic (exact) mass is 206 g/mol. The molecule has 0 bridgehead atoms. The van der Waals surface area contributed by atoms with Gasteiger partial charge in [-0.2, -0.15) is 0 Å². The van der Waals surface area contributed by atoms with E-state index in [0.29, 0.717) is 0 Å². The zero-order chi connectivity index (χ0) is 11.5. The van der Waals surface area contributed by atoms with Crippen molar-refractivity contribution < 1.29 is 0 Å². The van der Waals surface area contributed by atoms with Crippen LogP contribution in [-0.4, -0.2) is 0 Å². The molecule has 1 rings (SSSR count). The fraction of sp³-hybridized carbons (Fsp3) is 0.600. The Kier molecular flexibility index (Phi) is 9.26. The smallest absolute Gasteiger partial charge is 0.0398 e. The molecule has 0 spiro atoms. The number of unbranched alkanes of at least 4 members (excludes halogenated alkanes) is 2. The lowest BCUT2D eigenvalue weighted by Crippen LogP contribution is -1.85. The molecule has 0 saturated heterocycles. The summed E-state index contributed by atoms with van der Waals surface area (Å²) >= 11 is 0. The quantitative estimate of drug-likeness (QED) is 0.593. The summed E-state index contributed by atoms with van der Waals surface area (Å²) in [5.74, 6) is 0.904. The predicted octanol–water partition coefficient (Wildman–Crippen LogP) is 5.22. The maximum absolute atomic E-state index is 2.29. The average Bonchev–Trinajstić information content (AvgIpc) is 2.20. The van der Waals surface area contributed by atoms with E-state index in [1.54, 1.807) is 0 Å². The number of rotatable bonds is 4. The van der Waals surface area contributed by atoms with Crippen LogP contribution < -0.4 is 0 Å². The molecular weight excluding hydrogens is 180 g/mol. The lowest BCUT2D eigenvalue weighted by Gasteiger charge is -2.00. The highest BCUT2D eigenvalue weighted by Crippen LogP contribution is 2.06. The van der Waals surface area contributed by atoms with Crippen LogP contribution >= 0.6 is 0 Å². The topological polar surface area (TPSA) is 0 Å². The largest absolute Gasteiger partial charge is 0.0654 e. The van der Waals surface area contributed by atoms with Crippen molar-refractivity contribution in [1.29, 1.82) is 0 Å². The van der Waals surface area contributed by atoms with E-state index in [9.17, 15) is 0 Å². The molecule has 0 fully saturated rings. The molecule has 0 aliphatic heterocycles. The first-order chi connectivity index (χ1) is 7.16. The van der Waals surface area contributed by atoms with Crippen molar-refractivity contribution in [3.63, 3.8) is 0 Å². The number of benzene rings is 1. The molecule has 0 amide bonds. The molecule has 0 unspecified atom stereocenters. The molecule has 1 aromatic rings. The Morgan fingerprint density at radius 2 is 1.60 bits per heavy atom. The van der Waals surface area contributed by atoms with Crippen LogP contribution in [0.5, 0.6) is 0 Å². The summed E-state index contributed by atoms with van der Waals surface area (Å²) in [4.78, 5) is 0. The van der Waals surface area contributed by atoms with E-state index in [-0.39, 0.29) is 0 Å². The molecule has 0 nitrogen and oxygen atoms in total. The fourth-order valence-electron chi connectivity index (χ4n) is 1.34. The first kappa shape index (κ1) is 14.2. The van der Waals surface area contributed by atoms with E-state index in [1.807, 2.05) is 18.2 Å². The molecule has 86 valence electrons. The summed E-state index contributed by atoms with van der Waals surface area (Å²) in [6, 6.07) is 10.3. The van der Waals surface area contributed by atoms with Crippen LogP contribution in [0.1, 0.15) is 52.0 Å². The SMILES string of the molecule is CCCCCC(C)C.Cc1ccccc1. The van der Waals surface area contributed by atoms with E-state index in [4.69, 9.17) is 0 Å². The van der Waals surface area contributed by atoms with Gasteiger partial charge in [0.15, 0.2) is 0 Å². The van der Waals surface area contributed by atoms with Crippen LogP contribution in [0, 0.1) is 12.8 Å². The lowest BCUT2D eigenvalue weighted by atomic mass is 10.1. The van der Waals surface area contributed by atoms with Crippen LogP contribution in [0.25, 0.3) is 0 Å². The molecule has 0 atom stereocenters. The number of hydrogen-bond donors (Lipinski definition) is 0.